The van der Waals surface area contributed by atoms with Gasteiger partial charge in [0.2, 0.25) is 5.91 Å². The number of hydrogen-bond donors (Lipinski definition) is 1. The van der Waals surface area contributed by atoms with E-state index in [1.54, 1.807) is 12.1 Å². The van der Waals surface area contributed by atoms with Crippen LogP contribution in [0.3, 0.4) is 0 Å². The lowest BCUT2D eigenvalue weighted by atomic mass is 10.1. The summed E-state index contributed by atoms with van der Waals surface area (Å²) in [5, 5.41) is 3.37. The summed E-state index contributed by atoms with van der Waals surface area (Å²) in [6, 6.07) is 10.4. The quantitative estimate of drug-likeness (QED) is 0.604. The Hall–Kier alpha value is -2.47. The van der Waals surface area contributed by atoms with Gasteiger partial charge in [-0.1, -0.05) is 0 Å². The highest BCUT2D eigenvalue weighted by atomic mass is 19.1. The Morgan fingerprint density at radius 2 is 1.93 bits per heavy atom. The van der Waals surface area contributed by atoms with E-state index in [0.717, 1.165) is 45.3 Å². The molecule has 0 unspecified atom stereocenters. The molecule has 0 spiro atoms. The van der Waals surface area contributed by atoms with Crippen molar-refractivity contribution in [1.82, 2.24) is 15.2 Å². The second-order valence-electron chi connectivity index (χ2n) is 7.08. The normalized spacial score (nSPS) is 16.5. The topological polar surface area (TPSA) is 54.5 Å². The number of nitrogens with one attached hydrogen (secondary N) is 1. The molecule has 1 saturated heterocycles. The maximum Gasteiger partial charge on any atom is 0.222 e. The van der Waals surface area contributed by atoms with Crippen LogP contribution in [0, 0.1) is 5.82 Å². The van der Waals surface area contributed by atoms with E-state index >= 15 is 0 Å². The third-order valence-electron chi connectivity index (χ3n) is 5.08. The molecule has 1 N–H and O–H groups in total. The van der Waals surface area contributed by atoms with Crippen molar-refractivity contribution in [2.75, 3.05) is 26.2 Å². The van der Waals surface area contributed by atoms with Gasteiger partial charge in [-0.05, 0) is 74.2 Å². The molecule has 1 aromatic carbocycles. The van der Waals surface area contributed by atoms with Gasteiger partial charge >= 0.3 is 0 Å². The molecule has 1 fully saturated rings. The largest absolute Gasteiger partial charge is 0.492 e. The van der Waals surface area contributed by atoms with Gasteiger partial charge in [0.1, 0.15) is 18.2 Å². The summed E-state index contributed by atoms with van der Waals surface area (Å²) in [7, 11) is 0. The Balaban J connectivity index is 1.30. The molecular formula is C22H28FN3O2. The fraction of sp³-hybridized carbons (Fsp3) is 0.455. The van der Waals surface area contributed by atoms with Crippen LogP contribution in [0.4, 0.5) is 4.39 Å². The molecule has 0 saturated carbocycles. The van der Waals surface area contributed by atoms with E-state index in [4.69, 9.17) is 4.74 Å². The summed E-state index contributed by atoms with van der Waals surface area (Å²) < 4.78 is 18.4. The minimum atomic E-state index is -0.262. The molecule has 1 aromatic heterocycles. The first-order valence-corrected chi connectivity index (χ1v) is 10.00. The van der Waals surface area contributed by atoms with Crippen LogP contribution in [0.5, 0.6) is 5.75 Å². The average molecular weight is 385 g/mol. The zero-order valence-electron chi connectivity index (χ0n) is 16.1. The van der Waals surface area contributed by atoms with Crippen LogP contribution in [0.15, 0.2) is 48.8 Å². The van der Waals surface area contributed by atoms with Gasteiger partial charge in [-0.25, -0.2) is 4.39 Å². The van der Waals surface area contributed by atoms with Crippen LogP contribution in [0.25, 0.3) is 0 Å². The molecule has 150 valence electrons. The number of aryl methyl sites for hydroxylation is 1. The van der Waals surface area contributed by atoms with Crippen LogP contribution >= 0.6 is 0 Å². The summed E-state index contributed by atoms with van der Waals surface area (Å²) in [5.41, 5.74) is 1.26. The van der Waals surface area contributed by atoms with Crippen molar-refractivity contribution in [3.63, 3.8) is 0 Å². The summed E-state index contributed by atoms with van der Waals surface area (Å²) >= 11 is 0. The SMILES string of the molecule is O=C1CC[C@@H](CCNCCOc2ccc(F)cc2)N1CCCc1ccncc1. The van der Waals surface area contributed by atoms with E-state index in [-0.39, 0.29) is 11.7 Å². The molecule has 2 aromatic rings. The number of hydrogen-bond acceptors (Lipinski definition) is 4. The predicted octanol–water partition coefficient (Wildman–Crippen LogP) is 3.20. The Kier molecular flexibility index (Phi) is 7.79. The number of carbonyl (C=O) groups is 1. The van der Waals surface area contributed by atoms with Gasteiger partial charge < -0.3 is 15.0 Å². The third-order valence-corrected chi connectivity index (χ3v) is 5.08. The van der Waals surface area contributed by atoms with Crippen molar-refractivity contribution in [3.8, 4) is 5.75 Å². The van der Waals surface area contributed by atoms with E-state index in [2.05, 4.69) is 15.2 Å². The molecule has 1 amide bonds. The molecule has 5 nitrogen and oxygen atoms in total. The number of amides is 1. The van der Waals surface area contributed by atoms with Gasteiger partial charge in [-0.15, -0.1) is 0 Å². The van der Waals surface area contributed by atoms with Gasteiger partial charge in [-0.3, -0.25) is 9.78 Å². The van der Waals surface area contributed by atoms with E-state index < -0.39 is 0 Å². The van der Waals surface area contributed by atoms with Gasteiger partial charge in [0.15, 0.2) is 0 Å². The van der Waals surface area contributed by atoms with Gasteiger partial charge in [0.05, 0.1) is 0 Å². The highest BCUT2D eigenvalue weighted by Gasteiger charge is 2.29. The lowest BCUT2D eigenvalue weighted by Gasteiger charge is -2.25. The molecule has 2 heterocycles. The van der Waals surface area contributed by atoms with Crippen LogP contribution in [-0.2, 0) is 11.2 Å². The molecule has 0 radical (unpaired) electrons. The van der Waals surface area contributed by atoms with Crippen molar-refractivity contribution < 1.29 is 13.9 Å². The number of likely N-dealkylation sites (tertiary alicyclic amines) is 1. The minimum Gasteiger partial charge on any atom is -0.492 e. The first-order valence-electron chi connectivity index (χ1n) is 10.00. The van der Waals surface area contributed by atoms with Crippen molar-refractivity contribution >= 4 is 5.91 Å². The molecule has 1 aliphatic heterocycles. The van der Waals surface area contributed by atoms with E-state index in [1.807, 2.05) is 24.5 Å². The van der Waals surface area contributed by atoms with Gasteiger partial charge in [0.25, 0.3) is 0 Å². The van der Waals surface area contributed by atoms with Gasteiger partial charge in [-0.2, -0.15) is 0 Å². The number of benzene rings is 1. The lowest BCUT2D eigenvalue weighted by molar-refractivity contribution is -0.129. The zero-order chi connectivity index (χ0) is 19.6. The Morgan fingerprint density at radius 1 is 1.14 bits per heavy atom. The number of pyridine rings is 1. The van der Waals surface area contributed by atoms with Crippen molar-refractivity contribution in [1.29, 1.82) is 0 Å². The molecule has 6 heteroatoms. The molecule has 0 aliphatic carbocycles. The lowest BCUT2D eigenvalue weighted by Crippen LogP contribution is -2.36. The average Bonchev–Trinajstić information content (AvgIpc) is 3.06. The molecule has 1 aliphatic rings. The monoisotopic (exact) mass is 385 g/mol. The molecule has 0 bridgehead atoms. The predicted molar refractivity (Wildman–Crippen MR) is 107 cm³/mol. The fourth-order valence-electron chi connectivity index (χ4n) is 3.57. The van der Waals surface area contributed by atoms with Crippen LogP contribution in [0.2, 0.25) is 0 Å². The second kappa shape index (κ2) is 10.8. The van der Waals surface area contributed by atoms with Crippen molar-refractivity contribution in [2.24, 2.45) is 0 Å². The van der Waals surface area contributed by atoms with Crippen LogP contribution < -0.4 is 10.1 Å². The number of aromatic nitrogens is 1. The second-order valence-corrected chi connectivity index (χ2v) is 7.08. The number of nitrogens with zero attached hydrogens (tertiary/aromatic N) is 2. The first-order chi connectivity index (χ1) is 13.7. The van der Waals surface area contributed by atoms with Crippen LogP contribution in [-0.4, -0.2) is 48.1 Å². The Morgan fingerprint density at radius 3 is 2.71 bits per heavy atom. The molecule has 1 atom stereocenters. The third kappa shape index (κ3) is 6.30. The van der Waals surface area contributed by atoms with Gasteiger partial charge in [0, 0.05) is 37.9 Å². The smallest absolute Gasteiger partial charge is 0.222 e. The summed E-state index contributed by atoms with van der Waals surface area (Å²) in [6.45, 7) is 2.93. The molecule has 28 heavy (non-hydrogen) atoms. The van der Waals surface area contributed by atoms with Crippen molar-refractivity contribution in [2.45, 2.75) is 38.1 Å². The van der Waals surface area contributed by atoms with E-state index in [0.29, 0.717) is 24.8 Å². The summed E-state index contributed by atoms with van der Waals surface area (Å²) in [4.78, 5) is 18.3. The fourth-order valence-corrected chi connectivity index (χ4v) is 3.57. The maximum absolute atomic E-state index is 12.8. The Labute approximate surface area is 165 Å². The molecular weight excluding hydrogens is 357 g/mol. The van der Waals surface area contributed by atoms with Crippen molar-refractivity contribution in [3.05, 3.63) is 60.2 Å². The van der Waals surface area contributed by atoms with E-state index in [9.17, 15) is 9.18 Å². The summed E-state index contributed by atoms with van der Waals surface area (Å²) in [5.74, 6) is 0.686. The zero-order valence-corrected chi connectivity index (χ0v) is 16.1. The highest BCUT2D eigenvalue weighted by Crippen LogP contribution is 2.21. The number of halogens is 1. The number of carbonyl (C=O) groups excluding carboxylic acids is 1. The first kappa shape index (κ1) is 20.3. The minimum absolute atomic E-state index is 0.262. The number of rotatable bonds is 11. The summed E-state index contributed by atoms with van der Waals surface area (Å²) in [6.07, 6.45) is 8.13. The standard InChI is InChI=1S/C22H28FN3O2/c23-19-3-6-21(7-4-19)28-17-15-25-14-11-20-5-8-22(27)26(20)16-1-2-18-9-12-24-13-10-18/h3-4,6-7,9-10,12-13,20,25H,1-2,5,8,11,14-17H2/t20-/m0/s1. The number of ether oxygens (including phenoxy) is 1. The van der Waals surface area contributed by atoms with E-state index in [1.165, 1.54) is 17.7 Å². The Bertz CT molecular complexity index is 724. The molecule has 3 rings (SSSR count). The van der Waals surface area contributed by atoms with Crippen LogP contribution in [0.1, 0.15) is 31.2 Å². The highest BCUT2D eigenvalue weighted by molar-refractivity contribution is 5.78. The maximum atomic E-state index is 12.8.